The van der Waals surface area contributed by atoms with Crippen molar-refractivity contribution in [3.05, 3.63) is 22.8 Å². The lowest BCUT2D eigenvalue weighted by Gasteiger charge is -2.26. The Morgan fingerprint density at radius 2 is 2.11 bits per heavy atom. The Kier molecular flexibility index (Phi) is 4.53. The molecule has 19 heavy (non-hydrogen) atoms. The molecule has 2 rings (SSSR count). The quantitative estimate of drug-likeness (QED) is 0.904. The summed E-state index contributed by atoms with van der Waals surface area (Å²) in [5.41, 5.74) is 9.40. The number of nitrogens with two attached hydrogens (primary N) is 1. The van der Waals surface area contributed by atoms with Gasteiger partial charge in [-0.3, -0.25) is 0 Å². The SMILES string of the molecule is COC(c1nc(C)c2c(n1)CCC(CN)C2)C(C)C. The summed E-state index contributed by atoms with van der Waals surface area (Å²) in [5, 5.41) is 0. The van der Waals surface area contributed by atoms with Crippen molar-refractivity contribution < 1.29 is 4.74 Å². The molecule has 0 amide bonds. The van der Waals surface area contributed by atoms with Crippen LogP contribution in [0.3, 0.4) is 0 Å². The molecule has 0 saturated heterocycles. The summed E-state index contributed by atoms with van der Waals surface area (Å²) >= 11 is 0. The summed E-state index contributed by atoms with van der Waals surface area (Å²) in [4.78, 5) is 9.43. The normalized spacial score (nSPS) is 20.4. The van der Waals surface area contributed by atoms with Gasteiger partial charge < -0.3 is 10.5 Å². The van der Waals surface area contributed by atoms with E-state index in [0.717, 1.165) is 37.3 Å². The first-order valence-corrected chi connectivity index (χ1v) is 7.16. The molecule has 0 radical (unpaired) electrons. The van der Waals surface area contributed by atoms with Gasteiger partial charge in [-0.05, 0) is 50.1 Å². The summed E-state index contributed by atoms with van der Waals surface area (Å²) in [5.74, 6) is 1.80. The molecule has 106 valence electrons. The van der Waals surface area contributed by atoms with Crippen molar-refractivity contribution in [2.24, 2.45) is 17.6 Å². The second-order valence-corrected chi connectivity index (χ2v) is 5.84. The van der Waals surface area contributed by atoms with Crippen LogP contribution in [0.15, 0.2) is 0 Å². The minimum Gasteiger partial charge on any atom is -0.373 e. The highest BCUT2D eigenvalue weighted by molar-refractivity contribution is 5.28. The van der Waals surface area contributed by atoms with Gasteiger partial charge in [-0.15, -0.1) is 0 Å². The molecule has 1 aliphatic rings. The van der Waals surface area contributed by atoms with Crippen LogP contribution in [0.4, 0.5) is 0 Å². The monoisotopic (exact) mass is 263 g/mol. The van der Waals surface area contributed by atoms with Crippen molar-refractivity contribution in [1.82, 2.24) is 9.97 Å². The van der Waals surface area contributed by atoms with Crippen molar-refractivity contribution in [2.45, 2.75) is 46.1 Å². The van der Waals surface area contributed by atoms with Crippen LogP contribution in [0.1, 0.15) is 49.1 Å². The molecule has 2 unspecified atom stereocenters. The van der Waals surface area contributed by atoms with E-state index in [4.69, 9.17) is 15.5 Å². The van der Waals surface area contributed by atoms with Crippen molar-refractivity contribution >= 4 is 0 Å². The van der Waals surface area contributed by atoms with Crippen LogP contribution in [-0.4, -0.2) is 23.6 Å². The number of hydrogen-bond donors (Lipinski definition) is 1. The molecule has 1 aromatic rings. The molecule has 0 spiro atoms. The number of methoxy groups -OCH3 is 1. The van der Waals surface area contributed by atoms with Crippen LogP contribution in [0.5, 0.6) is 0 Å². The number of aryl methyl sites for hydroxylation is 2. The summed E-state index contributed by atoms with van der Waals surface area (Å²) in [7, 11) is 1.73. The summed E-state index contributed by atoms with van der Waals surface area (Å²) < 4.78 is 5.54. The molecular weight excluding hydrogens is 238 g/mol. The van der Waals surface area contributed by atoms with Crippen molar-refractivity contribution in [3.8, 4) is 0 Å². The number of rotatable bonds is 4. The fourth-order valence-electron chi connectivity index (χ4n) is 2.89. The molecule has 2 N–H and O–H groups in total. The fourth-order valence-corrected chi connectivity index (χ4v) is 2.89. The van der Waals surface area contributed by atoms with E-state index in [1.54, 1.807) is 7.11 Å². The standard InChI is InChI=1S/C15H25N3O/c1-9(2)14(19-4)15-17-10(3)12-7-11(8-16)5-6-13(12)18-15/h9,11,14H,5-8,16H2,1-4H3. The van der Waals surface area contributed by atoms with Crippen LogP contribution in [0.2, 0.25) is 0 Å². The molecule has 0 aromatic carbocycles. The second-order valence-electron chi connectivity index (χ2n) is 5.84. The van der Waals surface area contributed by atoms with E-state index in [2.05, 4.69) is 25.8 Å². The highest BCUT2D eigenvalue weighted by Crippen LogP contribution is 2.29. The van der Waals surface area contributed by atoms with Gasteiger partial charge in [0.15, 0.2) is 5.82 Å². The number of aromatic nitrogens is 2. The lowest BCUT2D eigenvalue weighted by atomic mass is 9.86. The molecule has 4 nitrogen and oxygen atoms in total. The summed E-state index contributed by atoms with van der Waals surface area (Å²) in [6, 6.07) is 0. The first-order valence-electron chi connectivity index (χ1n) is 7.16. The zero-order valence-electron chi connectivity index (χ0n) is 12.4. The molecule has 1 aliphatic carbocycles. The first kappa shape index (κ1) is 14.4. The van der Waals surface area contributed by atoms with Gasteiger partial charge in [-0.25, -0.2) is 9.97 Å². The Balaban J connectivity index is 2.34. The van der Waals surface area contributed by atoms with E-state index >= 15 is 0 Å². The zero-order valence-corrected chi connectivity index (χ0v) is 12.4. The molecule has 0 saturated carbocycles. The highest BCUT2D eigenvalue weighted by Gasteiger charge is 2.25. The average Bonchev–Trinajstić information content (AvgIpc) is 2.39. The van der Waals surface area contributed by atoms with E-state index in [-0.39, 0.29) is 6.10 Å². The number of hydrogen-bond acceptors (Lipinski definition) is 4. The molecular formula is C15H25N3O. The minimum absolute atomic E-state index is 0.0174. The van der Waals surface area contributed by atoms with E-state index in [9.17, 15) is 0 Å². The first-order chi connectivity index (χ1) is 9.06. The molecule has 0 fully saturated rings. The van der Waals surface area contributed by atoms with Gasteiger partial charge >= 0.3 is 0 Å². The third-order valence-corrected chi connectivity index (χ3v) is 4.05. The Bertz CT molecular complexity index is 445. The van der Waals surface area contributed by atoms with Crippen LogP contribution in [0, 0.1) is 18.8 Å². The molecule has 0 bridgehead atoms. The van der Waals surface area contributed by atoms with E-state index in [1.807, 2.05) is 0 Å². The maximum absolute atomic E-state index is 5.79. The predicted molar refractivity (Wildman–Crippen MR) is 75.9 cm³/mol. The molecule has 1 aromatic heterocycles. The maximum atomic E-state index is 5.79. The average molecular weight is 263 g/mol. The van der Waals surface area contributed by atoms with Crippen LogP contribution < -0.4 is 5.73 Å². The van der Waals surface area contributed by atoms with Gasteiger partial charge in [0.25, 0.3) is 0 Å². The molecule has 0 aliphatic heterocycles. The number of ether oxygens (including phenoxy) is 1. The predicted octanol–water partition coefficient (Wildman–Crippen LogP) is 2.19. The zero-order chi connectivity index (χ0) is 14.0. The third kappa shape index (κ3) is 2.95. The highest BCUT2D eigenvalue weighted by atomic mass is 16.5. The van der Waals surface area contributed by atoms with Crippen molar-refractivity contribution in [3.63, 3.8) is 0 Å². The van der Waals surface area contributed by atoms with E-state index in [1.165, 1.54) is 11.3 Å². The smallest absolute Gasteiger partial charge is 0.157 e. The molecule has 2 atom stereocenters. The Labute approximate surface area is 115 Å². The topological polar surface area (TPSA) is 61.0 Å². The van der Waals surface area contributed by atoms with E-state index < -0.39 is 0 Å². The Morgan fingerprint density at radius 1 is 1.37 bits per heavy atom. The Morgan fingerprint density at radius 3 is 2.68 bits per heavy atom. The van der Waals surface area contributed by atoms with Crippen LogP contribution in [0.25, 0.3) is 0 Å². The van der Waals surface area contributed by atoms with Crippen molar-refractivity contribution in [1.29, 1.82) is 0 Å². The minimum atomic E-state index is -0.0174. The van der Waals surface area contributed by atoms with Gasteiger partial charge in [-0.2, -0.15) is 0 Å². The van der Waals surface area contributed by atoms with Crippen LogP contribution in [-0.2, 0) is 17.6 Å². The van der Waals surface area contributed by atoms with Gasteiger partial charge in [-0.1, -0.05) is 13.8 Å². The lowest BCUT2D eigenvalue weighted by Crippen LogP contribution is -2.25. The fraction of sp³-hybridized carbons (Fsp3) is 0.733. The van der Waals surface area contributed by atoms with E-state index in [0.29, 0.717) is 11.8 Å². The van der Waals surface area contributed by atoms with Gasteiger partial charge in [0.05, 0.1) is 0 Å². The van der Waals surface area contributed by atoms with Gasteiger partial charge in [0, 0.05) is 18.5 Å². The summed E-state index contributed by atoms with van der Waals surface area (Å²) in [6.07, 6.45) is 3.16. The van der Waals surface area contributed by atoms with Gasteiger partial charge in [0.2, 0.25) is 0 Å². The lowest BCUT2D eigenvalue weighted by molar-refractivity contribution is 0.0570. The van der Waals surface area contributed by atoms with Crippen molar-refractivity contribution in [2.75, 3.05) is 13.7 Å². The maximum Gasteiger partial charge on any atom is 0.157 e. The molecule has 1 heterocycles. The number of nitrogens with zero attached hydrogens (tertiary/aromatic N) is 2. The number of fused-ring (bicyclic) bond motifs is 1. The Hall–Kier alpha value is -1.00. The summed E-state index contributed by atoms with van der Waals surface area (Å²) in [6.45, 7) is 7.11. The largest absolute Gasteiger partial charge is 0.373 e. The van der Waals surface area contributed by atoms with Crippen LogP contribution >= 0.6 is 0 Å². The second kappa shape index (κ2) is 5.97. The van der Waals surface area contributed by atoms with Gasteiger partial charge in [0.1, 0.15) is 6.10 Å². The third-order valence-electron chi connectivity index (χ3n) is 4.05. The molecule has 4 heteroatoms.